The summed E-state index contributed by atoms with van der Waals surface area (Å²) in [6.45, 7) is 1.47. The average Bonchev–Trinajstić information content (AvgIpc) is 2.72. The number of nitrogens with one attached hydrogen (secondary N) is 1. The molecule has 0 aromatic heterocycles. The van der Waals surface area contributed by atoms with Gasteiger partial charge in [-0.15, -0.1) is 0 Å². The van der Waals surface area contributed by atoms with E-state index >= 15 is 0 Å². The first-order valence-corrected chi connectivity index (χ1v) is 7.17. The van der Waals surface area contributed by atoms with Crippen LogP contribution in [0.25, 0.3) is 0 Å². The minimum Gasteiger partial charge on any atom is -0.429 e. The highest BCUT2D eigenvalue weighted by atomic mass is 32.1. The molecule has 2 aromatic carbocycles. The van der Waals surface area contributed by atoms with Crippen LogP contribution in [0.2, 0.25) is 0 Å². The largest absolute Gasteiger partial charge is 0.435 e. The number of rotatable bonds is 3. The van der Waals surface area contributed by atoms with Gasteiger partial charge in [0, 0.05) is 11.6 Å². The number of anilines is 1. The van der Waals surface area contributed by atoms with E-state index in [1.807, 2.05) is 6.07 Å². The number of benzene rings is 2. The minimum absolute atomic E-state index is 0.00499. The number of thiocarbonyl (C=S) groups is 1. The number of cyclic esters (lactones) is 1. The molecular weight excluding hydrogens is 322 g/mol. The van der Waals surface area contributed by atoms with E-state index in [0.29, 0.717) is 5.69 Å². The van der Waals surface area contributed by atoms with Crippen molar-refractivity contribution >= 4 is 29.0 Å². The summed E-state index contributed by atoms with van der Waals surface area (Å²) >= 11 is 5.28. The number of carbonyl (C=O) groups is 1. The normalized spacial score (nSPS) is 20.6. The Kier molecular flexibility index (Phi) is 3.73. The maximum Gasteiger partial charge on any atom is 0.435 e. The van der Waals surface area contributed by atoms with Crippen molar-refractivity contribution in [3.05, 3.63) is 65.7 Å². The smallest absolute Gasteiger partial charge is 0.429 e. The zero-order chi connectivity index (χ0) is 16.6. The molecule has 0 aliphatic carbocycles. The van der Waals surface area contributed by atoms with Gasteiger partial charge in [0.2, 0.25) is 0 Å². The third-order valence-electron chi connectivity index (χ3n) is 3.54. The molecule has 7 heteroatoms. The summed E-state index contributed by atoms with van der Waals surface area (Å²) in [6, 6.07) is 11.9. The Balaban J connectivity index is 1.93. The lowest BCUT2D eigenvalue weighted by atomic mass is 9.95. The highest BCUT2D eigenvalue weighted by Gasteiger charge is 2.50. The van der Waals surface area contributed by atoms with Crippen molar-refractivity contribution in [2.45, 2.75) is 12.5 Å². The Labute approximate surface area is 136 Å². The van der Waals surface area contributed by atoms with Crippen molar-refractivity contribution < 1.29 is 18.3 Å². The Morgan fingerprint density at radius 1 is 1.17 bits per heavy atom. The van der Waals surface area contributed by atoms with E-state index in [2.05, 4.69) is 5.43 Å². The Morgan fingerprint density at radius 3 is 2.52 bits per heavy atom. The monoisotopic (exact) mass is 334 g/mol. The molecule has 23 heavy (non-hydrogen) atoms. The minimum atomic E-state index is -1.49. The van der Waals surface area contributed by atoms with Gasteiger partial charge < -0.3 is 4.74 Å². The highest BCUT2D eigenvalue weighted by Crippen LogP contribution is 2.37. The van der Waals surface area contributed by atoms with Gasteiger partial charge in [-0.25, -0.2) is 13.6 Å². The van der Waals surface area contributed by atoms with E-state index in [4.69, 9.17) is 17.0 Å². The van der Waals surface area contributed by atoms with Gasteiger partial charge in [0.1, 0.15) is 11.6 Å². The van der Waals surface area contributed by atoms with Crippen LogP contribution in [0.5, 0.6) is 0 Å². The summed E-state index contributed by atoms with van der Waals surface area (Å²) in [4.78, 5) is 12.2. The SMILES string of the molecule is CC1(c2ccc(F)cc2F)OC(=O)N(Nc2ccccc2)C1=S. The van der Waals surface area contributed by atoms with E-state index in [1.165, 1.54) is 13.0 Å². The molecule has 1 aliphatic heterocycles. The van der Waals surface area contributed by atoms with Gasteiger partial charge in [-0.3, -0.25) is 5.43 Å². The summed E-state index contributed by atoms with van der Waals surface area (Å²) in [6.07, 6.45) is -0.759. The average molecular weight is 334 g/mol. The molecule has 0 radical (unpaired) electrons. The van der Waals surface area contributed by atoms with Gasteiger partial charge >= 0.3 is 6.09 Å². The molecule has 1 saturated heterocycles. The number of amides is 1. The number of hydrogen-bond acceptors (Lipinski definition) is 4. The lowest BCUT2D eigenvalue weighted by molar-refractivity contribution is 0.0877. The van der Waals surface area contributed by atoms with E-state index in [9.17, 15) is 13.6 Å². The summed E-state index contributed by atoms with van der Waals surface area (Å²) in [5.41, 5.74) is 1.94. The lowest BCUT2D eigenvalue weighted by Gasteiger charge is -2.23. The molecule has 0 saturated carbocycles. The topological polar surface area (TPSA) is 41.6 Å². The third kappa shape index (κ3) is 2.63. The van der Waals surface area contributed by atoms with Crippen LogP contribution in [0.15, 0.2) is 48.5 Å². The second-order valence-corrected chi connectivity index (χ2v) is 5.53. The van der Waals surface area contributed by atoms with E-state index in [-0.39, 0.29) is 10.6 Å². The molecule has 1 N–H and O–H groups in total. The van der Waals surface area contributed by atoms with Crippen molar-refractivity contribution in [1.82, 2.24) is 5.01 Å². The molecule has 0 spiro atoms. The third-order valence-corrected chi connectivity index (χ3v) is 4.12. The number of hydrogen-bond donors (Lipinski definition) is 1. The van der Waals surface area contributed by atoms with Gasteiger partial charge in [0.15, 0.2) is 10.6 Å². The number of halogens is 2. The van der Waals surface area contributed by atoms with Gasteiger partial charge in [-0.05, 0) is 31.2 Å². The van der Waals surface area contributed by atoms with Crippen molar-refractivity contribution in [3.63, 3.8) is 0 Å². The maximum absolute atomic E-state index is 14.1. The van der Waals surface area contributed by atoms with E-state index in [1.54, 1.807) is 24.3 Å². The molecule has 1 atom stereocenters. The summed E-state index contributed by atoms with van der Waals surface area (Å²) in [5, 5.41) is 1.04. The van der Waals surface area contributed by atoms with Crippen LogP contribution in [0.4, 0.5) is 19.3 Å². The summed E-state index contributed by atoms with van der Waals surface area (Å²) in [5.74, 6) is -1.55. The molecule has 1 heterocycles. The Hall–Kier alpha value is -2.54. The molecule has 4 nitrogen and oxygen atoms in total. The number of carbonyl (C=O) groups excluding carboxylic acids is 1. The Bertz CT molecular complexity index is 785. The predicted molar refractivity (Wildman–Crippen MR) is 84.7 cm³/mol. The number of para-hydroxylation sites is 1. The van der Waals surface area contributed by atoms with Gasteiger partial charge in [0.05, 0.1) is 5.69 Å². The molecular formula is C16H12F2N2O2S. The van der Waals surface area contributed by atoms with Crippen molar-refractivity contribution in [1.29, 1.82) is 0 Å². The van der Waals surface area contributed by atoms with Crippen molar-refractivity contribution in [2.75, 3.05) is 5.43 Å². The number of nitrogens with zero attached hydrogens (tertiary/aromatic N) is 1. The van der Waals surface area contributed by atoms with E-state index in [0.717, 1.165) is 17.1 Å². The first-order valence-electron chi connectivity index (χ1n) is 6.76. The highest BCUT2D eigenvalue weighted by molar-refractivity contribution is 7.80. The van der Waals surface area contributed by atoms with Crippen LogP contribution in [-0.2, 0) is 10.3 Å². The van der Waals surface area contributed by atoms with Crippen LogP contribution in [0, 0.1) is 11.6 Å². The molecule has 1 fully saturated rings. The lowest BCUT2D eigenvalue weighted by Crippen LogP contribution is -2.39. The quantitative estimate of drug-likeness (QED) is 0.862. The second kappa shape index (κ2) is 5.58. The molecule has 2 aromatic rings. The van der Waals surface area contributed by atoms with Crippen LogP contribution < -0.4 is 5.43 Å². The predicted octanol–water partition coefficient (Wildman–Crippen LogP) is 3.99. The number of ether oxygens (including phenoxy) is 1. The molecule has 1 amide bonds. The zero-order valence-electron chi connectivity index (χ0n) is 12.0. The summed E-state index contributed by atoms with van der Waals surface area (Å²) < 4.78 is 32.4. The molecule has 0 bridgehead atoms. The molecule has 118 valence electrons. The first kappa shape index (κ1) is 15.4. The maximum atomic E-state index is 14.1. The van der Waals surface area contributed by atoms with Crippen molar-refractivity contribution in [3.8, 4) is 0 Å². The number of hydrazine groups is 1. The summed E-state index contributed by atoms with van der Waals surface area (Å²) in [7, 11) is 0. The molecule has 1 aliphatic rings. The molecule has 3 rings (SSSR count). The Morgan fingerprint density at radius 2 is 1.87 bits per heavy atom. The van der Waals surface area contributed by atoms with Gasteiger partial charge in [-0.2, -0.15) is 5.01 Å². The van der Waals surface area contributed by atoms with Crippen molar-refractivity contribution in [2.24, 2.45) is 0 Å². The fourth-order valence-corrected chi connectivity index (χ4v) is 2.62. The standard InChI is InChI=1S/C16H12F2N2O2S/c1-16(12-8-7-10(17)9-13(12)18)14(23)20(15(21)22-16)19-11-5-3-2-4-6-11/h2-9,19H,1H3. The van der Waals surface area contributed by atoms with Gasteiger partial charge in [0.25, 0.3) is 0 Å². The second-order valence-electron chi connectivity index (χ2n) is 5.14. The fraction of sp³-hybridized carbons (Fsp3) is 0.125. The van der Waals surface area contributed by atoms with E-state index < -0.39 is 23.3 Å². The van der Waals surface area contributed by atoms with Crippen LogP contribution in [0.3, 0.4) is 0 Å². The van der Waals surface area contributed by atoms with Crippen LogP contribution >= 0.6 is 12.2 Å². The molecule has 1 unspecified atom stereocenters. The van der Waals surface area contributed by atoms with Crippen LogP contribution in [-0.4, -0.2) is 16.1 Å². The van der Waals surface area contributed by atoms with Crippen LogP contribution in [0.1, 0.15) is 12.5 Å². The first-order chi connectivity index (χ1) is 10.9. The van der Waals surface area contributed by atoms with Gasteiger partial charge in [-0.1, -0.05) is 30.4 Å². The zero-order valence-corrected chi connectivity index (χ0v) is 12.9. The fourth-order valence-electron chi connectivity index (χ4n) is 2.34.